The molecular formula is C10H15Cl3N2O. The second-order valence-electron chi connectivity index (χ2n) is 3.88. The van der Waals surface area contributed by atoms with Crippen molar-refractivity contribution < 1.29 is 4.74 Å². The Morgan fingerprint density at radius 3 is 2.62 bits per heavy atom. The van der Waals surface area contributed by atoms with Gasteiger partial charge in [0.05, 0.1) is 0 Å². The molecule has 1 unspecified atom stereocenters. The molecule has 0 saturated carbocycles. The normalized spacial score (nSPS) is 20.2. The minimum Gasteiger partial charge on any atom is -0.471 e. The zero-order valence-corrected chi connectivity index (χ0v) is 11.5. The molecule has 0 radical (unpaired) electrons. The average Bonchev–Trinajstić information content (AvgIpc) is 2.17. The molecule has 0 aliphatic carbocycles. The third kappa shape index (κ3) is 4.13. The van der Waals surface area contributed by atoms with E-state index in [0.29, 0.717) is 0 Å². The van der Waals surface area contributed by atoms with Gasteiger partial charge < -0.3 is 9.64 Å². The summed E-state index contributed by atoms with van der Waals surface area (Å²) in [5, 5.41) is 7.47. The predicted molar refractivity (Wildman–Crippen MR) is 68.8 cm³/mol. The second kappa shape index (κ2) is 5.58. The van der Waals surface area contributed by atoms with Gasteiger partial charge in [-0.25, -0.2) is 0 Å². The first-order valence-corrected chi connectivity index (χ1v) is 6.14. The topological polar surface area (TPSA) is 36.3 Å². The van der Waals surface area contributed by atoms with Crippen LogP contribution in [0.2, 0.25) is 0 Å². The van der Waals surface area contributed by atoms with Crippen LogP contribution >= 0.6 is 34.8 Å². The molecule has 0 spiro atoms. The maximum Gasteiger partial charge on any atom is 0.265 e. The number of halogens is 3. The minimum absolute atomic E-state index is 0.211. The molecule has 0 aromatic rings. The van der Waals surface area contributed by atoms with E-state index in [-0.39, 0.29) is 12.0 Å². The highest BCUT2D eigenvalue weighted by Crippen LogP contribution is 2.29. The quantitative estimate of drug-likeness (QED) is 0.366. The van der Waals surface area contributed by atoms with Gasteiger partial charge in [0.1, 0.15) is 6.10 Å². The van der Waals surface area contributed by atoms with Gasteiger partial charge in [0.2, 0.25) is 5.90 Å². The van der Waals surface area contributed by atoms with Crippen LogP contribution in [-0.4, -0.2) is 40.8 Å². The van der Waals surface area contributed by atoms with E-state index in [1.165, 1.54) is 0 Å². The lowest BCUT2D eigenvalue weighted by Crippen LogP contribution is -2.31. The van der Waals surface area contributed by atoms with E-state index in [9.17, 15) is 0 Å². The first kappa shape index (κ1) is 14.1. The van der Waals surface area contributed by atoms with Gasteiger partial charge in [-0.15, -0.1) is 0 Å². The molecule has 1 atom stereocenters. The lowest BCUT2D eigenvalue weighted by molar-refractivity contribution is 0.221. The predicted octanol–water partition coefficient (Wildman–Crippen LogP) is 3.00. The summed E-state index contributed by atoms with van der Waals surface area (Å²) in [6, 6.07) is 0. The van der Waals surface area contributed by atoms with Crippen LogP contribution in [0.4, 0.5) is 0 Å². The smallest absolute Gasteiger partial charge is 0.265 e. The Labute approximate surface area is 111 Å². The Kier molecular flexibility index (Phi) is 4.92. The highest BCUT2D eigenvalue weighted by Gasteiger charge is 2.30. The lowest BCUT2D eigenvalue weighted by Gasteiger charge is -2.27. The fraction of sp³-hybridized carbons (Fsp3) is 0.700. The molecule has 1 N–H and O–H groups in total. The van der Waals surface area contributed by atoms with Crippen LogP contribution in [0.15, 0.2) is 11.6 Å². The van der Waals surface area contributed by atoms with Gasteiger partial charge in [-0.3, -0.25) is 5.41 Å². The molecule has 1 aliphatic rings. The molecule has 1 aliphatic heterocycles. The van der Waals surface area contributed by atoms with Gasteiger partial charge in [-0.05, 0) is 26.0 Å². The van der Waals surface area contributed by atoms with E-state index < -0.39 is 3.79 Å². The fourth-order valence-corrected chi connectivity index (χ4v) is 1.61. The minimum atomic E-state index is -1.78. The summed E-state index contributed by atoms with van der Waals surface area (Å²) in [6.45, 7) is 3.74. The standard InChI is InChI=1S/C10H15Cl3N2O/c1-7(16-9(14)10(11,12)13)8-3-5-15(2)6-4-8/h3,7,14H,4-6H2,1-2H3. The van der Waals surface area contributed by atoms with Crippen LogP contribution in [0.3, 0.4) is 0 Å². The number of likely N-dealkylation sites (N-methyl/N-ethyl adjacent to an activating group) is 1. The van der Waals surface area contributed by atoms with Gasteiger partial charge in [0, 0.05) is 13.1 Å². The molecule has 16 heavy (non-hydrogen) atoms. The van der Waals surface area contributed by atoms with E-state index in [1.807, 2.05) is 6.92 Å². The average molecular weight is 286 g/mol. The molecule has 0 aromatic carbocycles. The zero-order valence-electron chi connectivity index (χ0n) is 9.27. The molecule has 1 heterocycles. The van der Waals surface area contributed by atoms with Crippen LogP contribution in [-0.2, 0) is 4.74 Å². The van der Waals surface area contributed by atoms with Crippen molar-refractivity contribution >= 4 is 40.7 Å². The molecule has 1 rings (SSSR count). The molecule has 92 valence electrons. The van der Waals surface area contributed by atoms with Crippen molar-refractivity contribution in [2.75, 3.05) is 20.1 Å². The summed E-state index contributed by atoms with van der Waals surface area (Å²) < 4.78 is 3.51. The SMILES string of the molecule is CC(OC(=N)C(Cl)(Cl)Cl)C1=CCN(C)CC1. The van der Waals surface area contributed by atoms with Crippen molar-refractivity contribution in [3.05, 3.63) is 11.6 Å². The molecule has 0 amide bonds. The van der Waals surface area contributed by atoms with Crippen molar-refractivity contribution in [2.24, 2.45) is 0 Å². The van der Waals surface area contributed by atoms with Crippen molar-refractivity contribution in [3.63, 3.8) is 0 Å². The second-order valence-corrected chi connectivity index (χ2v) is 6.16. The largest absolute Gasteiger partial charge is 0.471 e. The molecule has 0 saturated heterocycles. The number of ether oxygens (including phenoxy) is 1. The summed E-state index contributed by atoms with van der Waals surface area (Å²) in [5.41, 5.74) is 1.15. The highest BCUT2D eigenvalue weighted by molar-refractivity contribution is 6.76. The summed E-state index contributed by atoms with van der Waals surface area (Å²) >= 11 is 16.6. The van der Waals surface area contributed by atoms with Gasteiger partial charge in [-0.1, -0.05) is 40.9 Å². The lowest BCUT2D eigenvalue weighted by atomic mass is 10.0. The number of alkyl halides is 3. The summed E-state index contributed by atoms with van der Waals surface area (Å²) in [4.78, 5) is 2.20. The van der Waals surface area contributed by atoms with Crippen molar-refractivity contribution in [3.8, 4) is 0 Å². The van der Waals surface area contributed by atoms with Crippen molar-refractivity contribution in [2.45, 2.75) is 23.2 Å². The molecule has 6 heteroatoms. The van der Waals surface area contributed by atoms with Gasteiger partial charge in [0.15, 0.2) is 0 Å². The van der Waals surface area contributed by atoms with E-state index >= 15 is 0 Å². The Morgan fingerprint density at radius 1 is 1.56 bits per heavy atom. The van der Waals surface area contributed by atoms with Crippen LogP contribution in [0, 0.1) is 5.41 Å². The van der Waals surface area contributed by atoms with Crippen LogP contribution in [0.5, 0.6) is 0 Å². The molecule has 0 aromatic heterocycles. The van der Waals surface area contributed by atoms with E-state index in [0.717, 1.165) is 25.1 Å². The van der Waals surface area contributed by atoms with Gasteiger partial charge >= 0.3 is 0 Å². The third-order valence-corrected chi connectivity index (χ3v) is 3.04. The van der Waals surface area contributed by atoms with E-state index in [2.05, 4.69) is 18.0 Å². The summed E-state index contributed by atoms with van der Waals surface area (Å²) in [6.07, 6.45) is 2.81. The monoisotopic (exact) mass is 284 g/mol. The maximum absolute atomic E-state index is 7.47. The first-order valence-electron chi connectivity index (χ1n) is 5.00. The van der Waals surface area contributed by atoms with Gasteiger partial charge in [0.25, 0.3) is 3.79 Å². The van der Waals surface area contributed by atoms with Crippen LogP contribution in [0.25, 0.3) is 0 Å². The molecular weight excluding hydrogens is 270 g/mol. The number of hydrogen-bond donors (Lipinski definition) is 1. The number of hydrogen-bond acceptors (Lipinski definition) is 3. The van der Waals surface area contributed by atoms with Gasteiger partial charge in [-0.2, -0.15) is 0 Å². The Hall–Kier alpha value is 0.0400. The Balaban J connectivity index is 2.53. The molecule has 0 bridgehead atoms. The zero-order chi connectivity index (χ0) is 12.3. The fourth-order valence-electron chi connectivity index (χ4n) is 1.47. The Morgan fingerprint density at radius 2 is 2.19 bits per heavy atom. The number of rotatable bonds is 2. The molecule has 0 fully saturated rings. The van der Waals surface area contributed by atoms with E-state index in [1.54, 1.807) is 0 Å². The van der Waals surface area contributed by atoms with Crippen LogP contribution in [0.1, 0.15) is 13.3 Å². The Bertz CT molecular complexity index is 299. The van der Waals surface area contributed by atoms with Crippen LogP contribution < -0.4 is 0 Å². The highest BCUT2D eigenvalue weighted by atomic mass is 35.6. The number of nitrogens with one attached hydrogen (secondary N) is 1. The molecule has 3 nitrogen and oxygen atoms in total. The van der Waals surface area contributed by atoms with Crippen molar-refractivity contribution in [1.82, 2.24) is 4.90 Å². The summed E-state index contributed by atoms with van der Waals surface area (Å²) in [5.74, 6) is -0.329. The first-order chi connectivity index (χ1) is 7.30. The number of nitrogens with zero attached hydrogens (tertiary/aromatic N) is 1. The van der Waals surface area contributed by atoms with E-state index in [4.69, 9.17) is 44.9 Å². The third-order valence-electron chi connectivity index (χ3n) is 2.52. The summed E-state index contributed by atoms with van der Waals surface area (Å²) in [7, 11) is 2.06. The maximum atomic E-state index is 7.47. The van der Waals surface area contributed by atoms with Crippen molar-refractivity contribution in [1.29, 1.82) is 5.41 Å².